The van der Waals surface area contributed by atoms with Crippen LogP contribution in [-0.2, 0) is 6.54 Å². The van der Waals surface area contributed by atoms with Crippen LogP contribution in [0, 0.1) is 0 Å². The van der Waals surface area contributed by atoms with Crippen molar-refractivity contribution >= 4 is 0 Å². The molecule has 1 aromatic rings. The second-order valence-electron chi connectivity index (χ2n) is 3.93. The molecule has 0 unspecified atom stereocenters. The molecule has 1 aromatic heterocycles. The fourth-order valence-electron chi connectivity index (χ4n) is 1.29. The quantitative estimate of drug-likeness (QED) is 0.751. The predicted molar refractivity (Wildman–Crippen MR) is 58.2 cm³/mol. The molecular formula is C11H20N2O. The van der Waals surface area contributed by atoms with E-state index in [1.807, 2.05) is 12.1 Å². The Labute approximate surface area is 86.1 Å². The molecular weight excluding hydrogens is 176 g/mol. The van der Waals surface area contributed by atoms with Gasteiger partial charge in [-0.1, -0.05) is 13.8 Å². The Morgan fingerprint density at radius 2 is 2.29 bits per heavy atom. The normalized spacial score (nSPS) is 11.5. The number of rotatable bonds is 6. The van der Waals surface area contributed by atoms with Gasteiger partial charge in [-0.25, -0.2) is 0 Å². The van der Waals surface area contributed by atoms with E-state index in [1.54, 1.807) is 6.26 Å². The van der Waals surface area contributed by atoms with Gasteiger partial charge in [0, 0.05) is 19.1 Å². The average molecular weight is 196 g/mol. The van der Waals surface area contributed by atoms with Crippen molar-refractivity contribution in [2.45, 2.75) is 26.4 Å². The zero-order valence-corrected chi connectivity index (χ0v) is 9.29. The van der Waals surface area contributed by atoms with E-state index < -0.39 is 0 Å². The van der Waals surface area contributed by atoms with Crippen LogP contribution < -0.4 is 5.32 Å². The van der Waals surface area contributed by atoms with Crippen molar-refractivity contribution in [3.05, 3.63) is 24.2 Å². The van der Waals surface area contributed by atoms with Gasteiger partial charge in [0.15, 0.2) is 0 Å². The van der Waals surface area contributed by atoms with Gasteiger partial charge >= 0.3 is 0 Å². The molecule has 0 aliphatic heterocycles. The van der Waals surface area contributed by atoms with Gasteiger partial charge in [-0.15, -0.1) is 0 Å². The fraction of sp³-hybridized carbons (Fsp3) is 0.636. The maximum absolute atomic E-state index is 5.27. The highest BCUT2D eigenvalue weighted by Gasteiger charge is 2.01. The summed E-state index contributed by atoms with van der Waals surface area (Å²) in [5.74, 6) is 1.03. The molecule has 14 heavy (non-hydrogen) atoms. The van der Waals surface area contributed by atoms with Gasteiger partial charge in [-0.05, 0) is 19.2 Å². The van der Waals surface area contributed by atoms with Crippen LogP contribution in [0.2, 0.25) is 0 Å². The first kappa shape index (κ1) is 11.3. The number of likely N-dealkylation sites (N-methyl/N-ethyl adjacent to an activating group) is 1. The van der Waals surface area contributed by atoms with Gasteiger partial charge < -0.3 is 9.73 Å². The topological polar surface area (TPSA) is 28.4 Å². The van der Waals surface area contributed by atoms with Gasteiger partial charge in [0.1, 0.15) is 5.76 Å². The van der Waals surface area contributed by atoms with Crippen LogP contribution >= 0.6 is 0 Å². The van der Waals surface area contributed by atoms with Crippen LogP contribution in [0.15, 0.2) is 22.8 Å². The molecule has 0 amide bonds. The van der Waals surface area contributed by atoms with Crippen LogP contribution in [0.1, 0.15) is 19.6 Å². The minimum Gasteiger partial charge on any atom is -0.468 e. The molecule has 0 aliphatic rings. The fourth-order valence-corrected chi connectivity index (χ4v) is 1.29. The molecule has 0 aliphatic carbocycles. The third kappa shape index (κ3) is 4.44. The van der Waals surface area contributed by atoms with Crippen molar-refractivity contribution in [1.29, 1.82) is 0 Å². The lowest BCUT2D eigenvalue weighted by molar-refractivity contribution is 0.291. The number of nitrogens with zero attached hydrogens (tertiary/aromatic N) is 1. The van der Waals surface area contributed by atoms with Crippen LogP contribution in [0.25, 0.3) is 0 Å². The molecule has 1 heterocycles. The lowest BCUT2D eigenvalue weighted by Gasteiger charge is -2.16. The Balaban J connectivity index is 2.13. The highest BCUT2D eigenvalue weighted by molar-refractivity contribution is 4.97. The molecule has 0 radical (unpaired) electrons. The monoisotopic (exact) mass is 196 g/mol. The third-order valence-corrected chi connectivity index (χ3v) is 2.05. The van der Waals surface area contributed by atoms with E-state index in [4.69, 9.17) is 4.42 Å². The Morgan fingerprint density at radius 3 is 2.86 bits per heavy atom. The van der Waals surface area contributed by atoms with Crippen molar-refractivity contribution in [2.24, 2.45) is 0 Å². The van der Waals surface area contributed by atoms with Crippen molar-refractivity contribution in [3.8, 4) is 0 Å². The number of furan rings is 1. The largest absolute Gasteiger partial charge is 0.468 e. The molecule has 0 aromatic carbocycles. The zero-order chi connectivity index (χ0) is 10.4. The summed E-state index contributed by atoms with van der Waals surface area (Å²) in [6.07, 6.45) is 1.72. The summed E-state index contributed by atoms with van der Waals surface area (Å²) in [5, 5.41) is 3.38. The van der Waals surface area contributed by atoms with Gasteiger partial charge in [0.05, 0.1) is 12.8 Å². The lowest BCUT2D eigenvalue weighted by Crippen LogP contribution is -2.32. The molecule has 3 heteroatoms. The SMILES string of the molecule is CC(C)NCCN(C)Cc1ccco1. The highest BCUT2D eigenvalue weighted by atomic mass is 16.3. The summed E-state index contributed by atoms with van der Waals surface area (Å²) in [6, 6.07) is 4.49. The zero-order valence-electron chi connectivity index (χ0n) is 9.29. The summed E-state index contributed by atoms with van der Waals surface area (Å²) in [6.45, 7) is 7.26. The average Bonchev–Trinajstić information content (AvgIpc) is 2.56. The van der Waals surface area contributed by atoms with E-state index in [9.17, 15) is 0 Å². The predicted octanol–water partition coefficient (Wildman–Crippen LogP) is 1.71. The minimum absolute atomic E-state index is 0.562. The molecule has 1 rings (SSSR count). The summed E-state index contributed by atoms with van der Waals surface area (Å²) in [5.41, 5.74) is 0. The number of hydrogen-bond donors (Lipinski definition) is 1. The standard InChI is InChI=1S/C11H20N2O/c1-10(2)12-6-7-13(3)9-11-5-4-8-14-11/h4-5,8,10,12H,6-7,9H2,1-3H3. The molecule has 0 bridgehead atoms. The Bertz CT molecular complexity index is 231. The minimum atomic E-state index is 0.562. The molecule has 0 fully saturated rings. The smallest absolute Gasteiger partial charge is 0.117 e. The van der Waals surface area contributed by atoms with Crippen molar-refractivity contribution < 1.29 is 4.42 Å². The molecule has 1 N–H and O–H groups in total. The maximum atomic E-state index is 5.27. The number of hydrogen-bond acceptors (Lipinski definition) is 3. The second-order valence-corrected chi connectivity index (χ2v) is 3.93. The van der Waals surface area contributed by atoms with E-state index in [2.05, 4.69) is 31.1 Å². The van der Waals surface area contributed by atoms with Gasteiger partial charge in [-0.3, -0.25) is 4.90 Å². The first-order chi connectivity index (χ1) is 6.68. The van der Waals surface area contributed by atoms with Crippen LogP contribution in [0.4, 0.5) is 0 Å². The van der Waals surface area contributed by atoms with E-state index in [0.717, 1.165) is 25.4 Å². The van der Waals surface area contributed by atoms with Crippen LogP contribution in [0.5, 0.6) is 0 Å². The Morgan fingerprint density at radius 1 is 1.50 bits per heavy atom. The molecule has 80 valence electrons. The van der Waals surface area contributed by atoms with Crippen molar-refractivity contribution in [1.82, 2.24) is 10.2 Å². The molecule has 3 nitrogen and oxygen atoms in total. The van der Waals surface area contributed by atoms with Gasteiger partial charge in [0.2, 0.25) is 0 Å². The van der Waals surface area contributed by atoms with E-state index in [-0.39, 0.29) is 0 Å². The first-order valence-corrected chi connectivity index (χ1v) is 5.13. The van der Waals surface area contributed by atoms with Crippen molar-refractivity contribution in [2.75, 3.05) is 20.1 Å². The van der Waals surface area contributed by atoms with E-state index in [1.165, 1.54) is 0 Å². The lowest BCUT2D eigenvalue weighted by atomic mass is 10.3. The highest BCUT2D eigenvalue weighted by Crippen LogP contribution is 2.02. The molecule has 0 saturated carbocycles. The Kier molecular flexibility index (Phi) is 4.70. The maximum Gasteiger partial charge on any atom is 0.117 e. The van der Waals surface area contributed by atoms with E-state index >= 15 is 0 Å². The molecule has 0 saturated heterocycles. The van der Waals surface area contributed by atoms with Gasteiger partial charge in [0.25, 0.3) is 0 Å². The first-order valence-electron chi connectivity index (χ1n) is 5.13. The van der Waals surface area contributed by atoms with Crippen molar-refractivity contribution in [3.63, 3.8) is 0 Å². The summed E-state index contributed by atoms with van der Waals surface area (Å²) < 4.78 is 5.27. The molecule has 0 atom stereocenters. The summed E-state index contributed by atoms with van der Waals surface area (Å²) >= 11 is 0. The van der Waals surface area contributed by atoms with Gasteiger partial charge in [-0.2, -0.15) is 0 Å². The van der Waals surface area contributed by atoms with E-state index in [0.29, 0.717) is 6.04 Å². The summed E-state index contributed by atoms with van der Waals surface area (Å²) in [4.78, 5) is 2.24. The molecule has 0 spiro atoms. The van der Waals surface area contributed by atoms with Crippen LogP contribution in [0.3, 0.4) is 0 Å². The third-order valence-electron chi connectivity index (χ3n) is 2.05. The second kappa shape index (κ2) is 5.83. The summed E-state index contributed by atoms with van der Waals surface area (Å²) in [7, 11) is 2.10. The Hall–Kier alpha value is -0.800. The number of nitrogens with one attached hydrogen (secondary N) is 1. The van der Waals surface area contributed by atoms with Crippen LogP contribution in [-0.4, -0.2) is 31.1 Å².